The minimum Gasteiger partial charge on any atom is -0.507 e. The highest BCUT2D eigenvalue weighted by Crippen LogP contribution is 2.24. The molecule has 0 bridgehead atoms. The first-order valence-corrected chi connectivity index (χ1v) is 6.24. The number of nitro groups is 1. The van der Waals surface area contributed by atoms with E-state index in [2.05, 4.69) is 31.4 Å². The third-order valence-corrected chi connectivity index (χ3v) is 2.97. The first-order valence-electron chi connectivity index (χ1n) is 5.45. The predicted octanol–water partition coefficient (Wildman–Crippen LogP) is 2.90. The van der Waals surface area contributed by atoms with Crippen LogP contribution in [0.25, 0.3) is 0 Å². The van der Waals surface area contributed by atoms with Crippen LogP contribution in [0.2, 0.25) is 0 Å². The summed E-state index contributed by atoms with van der Waals surface area (Å²) in [6.45, 7) is 0. The number of phenolic OH excluding ortho intramolecular Hbond substituents is 1. The number of hydrogen-bond acceptors (Lipinski definition) is 6. The van der Waals surface area contributed by atoms with Crippen LogP contribution in [0, 0.1) is 10.1 Å². The largest absolute Gasteiger partial charge is 0.507 e. The minimum absolute atomic E-state index is 0.0617. The van der Waals surface area contributed by atoms with Crippen molar-refractivity contribution in [3.8, 4) is 5.75 Å². The Morgan fingerprint density at radius 3 is 2.95 bits per heavy atom. The summed E-state index contributed by atoms with van der Waals surface area (Å²) in [5, 5.41) is 24.0. The van der Waals surface area contributed by atoms with E-state index in [0.717, 1.165) is 0 Å². The van der Waals surface area contributed by atoms with E-state index in [1.165, 1.54) is 30.6 Å². The number of benzene rings is 1. The van der Waals surface area contributed by atoms with Gasteiger partial charge in [-0.05, 0) is 45.8 Å². The zero-order chi connectivity index (χ0) is 14.5. The molecule has 8 heteroatoms. The Morgan fingerprint density at radius 2 is 2.25 bits per heavy atom. The molecule has 0 saturated heterocycles. The second-order valence-corrected chi connectivity index (χ2v) is 4.56. The standard InChI is InChI=1S/C12H9BrN4O3/c13-9-6-8(3-4-11(9)18)7-15-16-12-10(17(19)20)2-1-5-14-12/h1-7,18H,(H,14,16)/b15-7-. The highest BCUT2D eigenvalue weighted by molar-refractivity contribution is 9.10. The number of aromatic hydroxyl groups is 1. The van der Waals surface area contributed by atoms with Crippen LogP contribution in [0.15, 0.2) is 46.1 Å². The molecule has 0 radical (unpaired) electrons. The number of phenols is 1. The summed E-state index contributed by atoms with van der Waals surface area (Å²) in [7, 11) is 0. The number of pyridine rings is 1. The number of nitrogens with zero attached hydrogens (tertiary/aromatic N) is 3. The lowest BCUT2D eigenvalue weighted by molar-refractivity contribution is -0.384. The zero-order valence-electron chi connectivity index (χ0n) is 10.0. The lowest BCUT2D eigenvalue weighted by Gasteiger charge is -2.00. The Morgan fingerprint density at radius 1 is 1.45 bits per heavy atom. The smallest absolute Gasteiger partial charge is 0.313 e. The SMILES string of the molecule is O=[N+]([O-])c1cccnc1N/N=C\c1ccc(O)c(Br)c1. The number of halogens is 1. The fourth-order valence-electron chi connectivity index (χ4n) is 1.40. The number of nitrogens with one attached hydrogen (secondary N) is 1. The van der Waals surface area contributed by atoms with Gasteiger partial charge < -0.3 is 5.11 Å². The average molecular weight is 337 g/mol. The van der Waals surface area contributed by atoms with E-state index < -0.39 is 4.92 Å². The van der Waals surface area contributed by atoms with Crippen LogP contribution in [0.4, 0.5) is 11.5 Å². The Balaban J connectivity index is 2.14. The van der Waals surface area contributed by atoms with Gasteiger partial charge in [-0.15, -0.1) is 0 Å². The summed E-state index contributed by atoms with van der Waals surface area (Å²) in [5.41, 5.74) is 3.07. The minimum atomic E-state index is -0.540. The molecule has 7 nitrogen and oxygen atoms in total. The van der Waals surface area contributed by atoms with E-state index in [1.54, 1.807) is 12.1 Å². The second kappa shape index (κ2) is 6.11. The molecule has 0 unspecified atom stereocenters. The molecule has 20 heavy (non-hydrogen) atoms. The molecule has 0 fully saturated rings. The van der Waals surface area contributed by atoms with Crippen molar-refractivity contribution in [1.82, 2.24) is 4.98 Å². The molecule has 2 aromatic rings. The summed E-state index contributed by atoms with van der Waals surface area (Å²) in [6.07, 6.45) is 2.89. The van der Waals surface area contributed by atoms with Gasteiger partial charge in [0.1, 0.15) is 5.75 Å². The maximum atomic E-state index is 10.8. The van der Waals surface area contributed by atoms with E-state index >= 15 is 0 Å². The summed E-state index contributed by atoms with van der Waals surface area (Å²) < 4.78 is 0.533. The van der Waals surface area contributed by atoms with Gasteiger partial charge in [0, 0.05) is 12.3 Å². The van der Waals surface area contributed by atoms with Crippen LogP contribution < -0.4 is 5.43 Å². The molecule has 0 aliphatic heterocycles. The first kappa shape index (κ1) is 13.9. The molecule has 0 aliphatic rings. The number of anilines is 1. The molecule has 0 atom stereocenters. The monoisotopic (exact) mass is 336 g/mol. The van der Waals surface area contributed by atoms with E-state index in [1.807, 2.05) is 0 Å². The quantitative estimate of drug-likeness (QED) is 0.507. The summed E-state index contributed by atoms with van der Waals surface area (Å²) in [5.74, 6) is 0.182. The van der Waals surface area contributed by atoms with Gasteiger partial charge >= 0.3 is 5.69 Å². The van der Waals surface area contributed by atoms with Crippen molar-refractivity contribution in [2.75, 3.05) is 5.43 Å². The summed E-state index contributed by atoms with van der Waals surface area (Å²) in [6, 6.07) is 7.63. The molecule has 1 aromatic heterocycles. The maximum Gasteiger partial charge on any atom is 0.313 e. The van der Waals surface area contributed by atoms with E-state index in [0.29, 0.717) is 10.0 Å². The molecule has 2 N–H and O–H groups in total. The van der Waals surface area contributed by atoms with Gasteiger partial charge in [-0.3, -0.25) is 15.5 Å². The highest BCUT2D eigenvalue weighted by Gasteiger charge is 2.12. The lowest BCUT2D eigenvalue weighted by Crippen LogP contribution is -1.98. The lowest BCUT2D eigenvalue weighted by atomic mass is 10.2. The van der Waals surface area contributed by atoms with Crippen LogP contribution in [0.3, 0.4) is 0 Å². The molecule has 1 aromatic carbocycles. The van der Waals surface area contributed by atoms with Crippen molar-refractivity contribution in [2.45, 2.75) is 0 Å². The highest BCUT2D eigenvalue weighted by atomic mass is 79.9. The van der Waals surface area contributed by atoms with Crippen molar-refractivity contribution in [3.05, 3.63) is 56.7 Å². The summed E-state index contributed by atoms with van der Waals surface area (Å²) >= 11 is 3.18. The van der Waals surface area contributed by atoms with Crippen molar-refractivity contribution in [2.24, 2.45) is 5.10 Å². The van der Waals surface area contributed by atoms with Crippen molar-refractivity contribution in [3.63, 3.8) is 0 Å². The fraction of sp³-hybridized carbons (Fsp3) is 0. The van der Waals surface area contributed by atoms with Crippen LogP contribution in [0.1, 0.15) is 5.56 Å². The van der Waals surface area contributed by atoms with Crippen LogP contribution in [-0.4, -0.2) is 21.2 Å². The Labute approximate surface area is 122 Å². The third-order valence-electron chi connectivity index (χ3n) is 2.34. The Kier molecular flexibility index (Phi) is 4.26. The van der Waals surface area contributed by atoms with Gasteiger partial charge in [-0.1, -0.05) is 0 Å². The zero-order valence-corrected chi connectivity index (χ0v) is 11.6. The first-order chi connectivity index (χ1) is 9.58. The molecule has 0 spiro atoms. The Bertz CT molecular complexity index is 676. The number of rotatable bonds is 4. The second-order valence-electron chi connectivity index (χ2n) is 3.71. The van der Waals surface area contributed by atoms with Gasteiger partial charge in [-0.25, -0.2) is 4.98 Å². The molecule has 102 valence electrons. The van der Waals surface area contributed by atoms with Crippen molar-refractivity contribution in [1.29, 1.82) is 0 Å². The van der Waals surface area contributed by atoms with Crippen molar-refractivity contribution >= 4 is 33.6 Å². The van der Waals surface area contributed by atoms with E-state index in [-0.39, 0.29) is 17.3 Å². The fourth-order valence-corrected chi connectivity index (χ4v) is 1.80. The van der Waals surface area contributed by atoms with Gasteiger partial charge in [0.15, 0.2) is 0 Å². The molecule has 0 amide bonds. The van der Waals surface area contributed by atoms with Gasteiger partial charge in [0.2, 0.25) is 5.82 Å². The molecule has 2 rings (SSSR count). The van der Waals surface area contributed by atoms with E-state index in [9.17, 15) is 15.2 Å². The molecular weight excluding hydrogens is 328 g/mol. The third kappa shape index (κ3) is 3.29. The molecule has 0 aliphatic carbocycles. The van der Waals surface area contributed by atoms with Crippen LogP contribution >= 0.6 is 15.9 Å². The number of hydrazone groups is 1. The van der Waals surface area contributed by atoms with Gasteiger partial charge in [-0.2, -0.15) is 5.10 Å². The predicted molar refractivity (Wildman–Crippen MR) is 77.9 cm³/mol. The number of hydrogen-bond donors (Lipinski definition) is 2. The molecular formula is C12H9BrN4O3. The maximum absolute atomic E-state index is 10.8. The van der Waals surface area contributed by atoms with Gasteiger partial charge in [0.25, 0.3) is 0 Å². The number of aromatic nitrogens is 1. The average Bonchev–Trinajstić information content (AvgIpc) is 2.43. The topological polar surface area (TPSA) is 101 Å². The van der Waals surface area contributed by atoms with E-state index in [4.69, 9.17) is 0 Å². The Hall–Kier alpha value is -2.48. The normalized spacial score (nSPS) is 10.7. The molecule has 0 saturated carbocycles. The summed E-state index contributed by atoms with van der Waals surface area (Å²) in [4.78, 5) is 14.1. The van der Waals surface area contributed by atoms with Crippen molar-refractivity contribution < 1.29 is 10.0 Å². The van der Waals surface area contributed by atoms with Crippen LogP contribution in [0.5, 0.6) is 5.75 Å². The molecule has 1 heterocycles. The van der Waals surface area contributed by atoms with Gasteiger partial charge in [0.05, 0.1) is 15.6 Å². The van der Waals surface area contributed by atoms with Crippen LogP contribution in [-0.2, 0) is 0 Å².